The fourth-order valence-corrected chi connectivity index (χ4v) is 5.83. The van der Waals surface area contributed by atoms with E-state index < -0.39 is 18.2 Å². The van der Waals surface area contributed by atoms with E-state index in [0.717, 1.165) is 29.8 Å². The normalized spacial score (nSPS) is 26.9. The molecule has 0 bridgehead atoms. The first-order valence-corrected chi connectivity index (χ1v) is 13.7. The number of anilines is 2. The van der Waals surface area contributed by atoms with Crippen molar-refractivity contribution in [2.45, 2.75) is 74.9 Å². The fourth-order valence-electron chi connectivity index (χ4n) is 5.14. The van der Waals surface area contributed by atoms with Crippen LogP contribution in [0.25, 0.3) is 11.2 Å². The fraction of sp³-hybridized carbons (Fsp3) is 0.560. The molecule has 1 aromatic carbocycles. The van der Waals surface area contributed by atoms with Gasteiger partial charge in [0.2, 0.25) is 5.91 Å². The van der Waals surface area contributed by atoms with Gasteiger partial charge < -0.3 is 26.0 Å². The molecule has 12 heteroatoms. The lowest BCUT2D eigenvalue weighted by atomic mass is 10.0. The lowest BCUT2D eigenvalue weighted by Crippen LogP contribution is -2.30. The molecule has 3 aromatic rings. The van der Waals surface area contributed by atoms with E-state index >= 15 is 0 Å². The molecule has 2 aliphatic rings. The number of carbonyl (C=O) groups excluding carboxylic acids is 1. The number of aromatic nitrogens is 5. The number of fused-ring (bicyclic) bond motifs is 1. The molecule has 198 valence electrons. The number of carbonyl (C=O) groups is 1. The van der Waals surface area contributed by atoms with E-state index in [4.69, 9.17) is 9.97 Å². The SMILES string of the molecule is CCCSc1nc(N[C@H]2C[C@@H]2c2cccc(NC(C)=O)c2)c2nnn(C3C[C@H](CCO)[C@@H](O)C3O)c2n1. The third kappa shape index (κ3) is 5.42. The molecule has 2 fully saturated rings. The second kappa shape index (κ2) is 10.9. The molecule has 0 spiro atoms. The molecule has 5 N–H and O–H groups in total. The van der Waals surface area contributed by atoms with Crippen molar-refractivity contribution in [2.24, 2.45) is 5.92 Å². The minimum Gasteiger partial charge on any atom is -0.396 e. The Morgan fingerprint density at radius 1 is 1.22 bits per heavy atom. The van der Waals surface area contributed by atoms with Gasteiger partial charge in [0.25, 0.3) is 0 Å². The Balaban J connectivity index is 1.41. The average Bonchev–Trinajstić information content (AvgIpc) is 3.43. The second-order valence-corrected chi connectivity index (χ2v) is 10.9. The molecule has 1 amide bonds. The maximum atomic E-state index is 11.4. The van der Waals surface area contributed by atoms with Crippen molar-refractivity contribution in [2.75, 3.05) is 23.0 Å². The van der Waals surface area contributed by atoms with E-state index in [0.29, 0.717) is 35.0 Å². The van der Waals surface area contributed by atoms with E-state index in [1.54, 1.807) is 16.4 Å². The topological polar surface area (TPSA) is 158 Å². The number of hydrogen-bond donors (Lipinski definition) is 5. The van der Waals surface area contributed by atoms with Crippen LogP contribution < -0.4 is 10.6 Å². The third-order valence-electron chi connectivity index (χ3n) is 7.07. The number of nitrogens with zero attached hydrogens (tertiary/aromatic N) is 5. The first-order chi connectivity index (χ1) is 17.9. The molecular weight excluding hydrogens is 494 g/mol. The molecule has 2 saturated carbocycles. The van der Waals surface area contributed by atoms with E-state index in [-0.39, 0.29) is 30.4 Å². The molecule has 37 heavy (non-hydrogen) atoms. The number of hydrogen-bond acceptors (Lipinski definition) is 10. The molecule has 2 aliphatic carbocycles. The number of aliphatic hydroxyl groups is 3. The van der Waals surface area contributed by atoms with Crippen LogP contribution in [-0.4, -0.2) is 76.8 Å². The van der Waals surface area contributed by atoms with Gasteiger partial charge in [-0.25, -0.2) is 14.6 Å². The van der Waals surface area contributed by atoms with E-state index in [1.807, 2.05) is 18.2 Å². The van der Waals surface area contributed by atoms with Crippen LogP contribution in [0.1, 0.15) is 57.1 Å². The first-order valence-electron chi connectivity index (χ1n) is 12.8. The van der Waals surface area contributed by atoms with Crippen LogP contribution in [0.2, 0.25) is 0 Å². The second-order valence-electron chi connectivity index (χ2n) is 9.87. The molecule has 0 saturated heterocycles. The zero-order valence-electron chi connectivity index (χ0n) is 20.9. The number of thioether (sulfide) groups is 1. The van der Waals surface area contributed by atoms with Crippen molar-refractivity contribution in [3.05, 3.63) is 29.8 Å². The number of nitrogens with one attached hydrogen (secondary N) is 2. The van der Waals surface area contributed by atoms with Crippen LogP contribution in [0.4, 0.5) is 11.5 Å². The van der Waals surface area contributed by atoms with E-state index in [9.17, 15) is 20.1 Å². The number of benzene rings is 1. The highest BCUT2D eigenvalue weighted by molar-refractivity contribution is 7.99. The molecule has 6 atom stereocenters. The van der Waals surface area contributed by atoms with Gasteiger partial charge in [0, 0.05) is 36.9 Å². The van der Waals surface area contributed by atoms with E-state index in [1.165, 1.54) is 6.92 Å². The van der Waals surface area contributed by atoms with Crippen LogP contribution in [0.3, 0.4) is 0 Å². The van der Waals surface area contributed by atoms with Crippen LogP contribution in [0.5, 0.6) is 0 Å². The summed E-state index contributed by atoms with van der Waals surface area (Å²) in [6.07, 6.45) is 0.802. The monoisotopic (exact) mass is 527 g/mol. The molecule has 2 aromatic heterocycles. The highest BCUT2D eigenvalue weighted by Gasteiger charge is 2.44. The van der Waals surface area contributed by atoms with Crippen LogP contribution in [-0.2, 0) is 4.79 Å². The Labute approximate surface area is 219 Å². The van der Waals surface area contributed by atoms with Gasteiger partial charge >= 0.3 is 0 Å². The van der Waals surface area contributed by atoms with Gasteiger partial charge in [-0.05, 0) is 49.3 Å². The largest absolute Gasteiger partial charge is 0.396 e. The Morgan fingerprint density at radius 3 is 2.81 bits per heavy atom. The predicted octanol–water partition coefficient (Wildman–Crippen LogP) is 2.31. The quantitative estimate of drug-likeness (QED) is 0.196. The average molecular weight is 528 g/mol. The molecule has 11 nitrogen and oxygen atoms in total. The lowest BCUT2D eigenvalue weighted by Gasteiger charge is -2.17. The summed E-state index contributed by atoms with van der Waals surface area (Å²) in [5.41, 5.74) is 2.95. The standard InChI is InChI=1S/C25H33N7O4S/c1-3-9-37-25-28-23(27-18-12-17(18)14-5-4-6-16(10-14)26-13(2)34)20-24(29-25)32(31-30-20)19-11-15(7-8-33)21(35)22(19)36/h4-6,10,15,17-19,21-22,33,35-36H,3,7-9,11-12H2,1-2H3,(H,26,34)(H,27,28,29)/t15-,17+,18-,19?,21+,22?/m0/s1. The molecular formula is C25H33N7O4S. The van der Waals surface area contributed by atoms with E-state index in [2.05, 4.69) is 33.9 Å². The molecule has 5 rings (SSSR count). The summed E-state index contributed by atoms with van der Waals surface area (Å²) in [4.78, 5) is 20.9. The number of aliphatic hydroxyl groups excluding tert-OH is 3. The minimum atomic E-state index is -1.02. The van der Waals surface area contributed by atoms with Crippen molar-refractivity contribution >= 4 is 40.3 Å². The summed E-state index contributed by atoms with van der Waals surface area (Å²) in [6, 6.07) is 7.52. The van der Waals surface area contributed by atoms with Crippen molar-refractivity contribution in [3.8, 4) is 0 Å². The number of amides is 1. The van der Waals surface area contributed by atoms with Gasteiger partial charge in [0.05, 0.1) is 12.1 Å². The predicted molar refractivity (Wildman–Crippen MR) is 141 cm³/mol. The minimum absolute atomic E-state index is 0.0520. The third-order valence-corrected chi connectivity index (χ3v) is 8.12. The molecule has 2 unspecified atom stereocenters. The highest BCUT2D eigenvalue weighted by Crippen LogP contribution is 2.44. The van der Waals surface area contributed by atoms with Crippen molar-refractivity contribution in [3.63, 3.8) is 0 Å². The maximum Gasteiger partial charge on any atom is 0.221 e. The number of rotatable bonds is 10. The first kappa shape index (κ1) is 25.8. The summed E-state index contributed by atoms with van der Waals surface area (Å²) in [7, 11) is 0. The zero-order valence-corrected chi connectivity index (χ0v) is 21.7. The Bertz CT molecular complexity index is 1270. The summed E-state index contributed by atoms with van der Waals surface area (Å²) in [5.74, 6) is 1.40. The summed E-state index contributed by atoms with van der Waals surface area (Å²) in [6.45, 7) is 3.54. The van der Waals surface area contributed by atoms with Crippen LogP contribution in [0, 0.1) is 5.92 Å². The van der Waals surface area contributed by atoms with Crippen molar-refractivity contribution in [1.29, 1.82) is 0 Å². The Morgan fingerprint density at radius 2 is 2.05 bits per heavy atom. The Hall–Kier alpha value is -2.80. The van der Waals surface area contributed by atoms with Gasteiger partial charge in [0.1, 0.15) is 6.10 Å². The highest BCUT2D eigenvalue weighted by atomic mass is 32.2. The smallest absolute Gasteiger partial charge is 0.221 e. The van der Waals surface area contributed by atoms with Gasteiger partial charge in [-0.1, -0.05) is 36.0 Å². The van der Waals surface area contributed by atoms with Gasteiger partial charge in [-0.3, -0.25) is 4.79 Å². The zero-order chi connectivity index (χ0) is 26.1. The molecule has 0 aliphatic heterocycles. The summed E-state index contributed by atoms with van der Waals surface area (Å²) < 4.78 is 1.60. The summed E-state index contributed by atoms with van der Waals surface area (Å²) >= 11 is 1.55. The van der Waals surface area contributed by atoms with Crippen molar-refractivity contribution in [1.82, 2.24) is 25.0 Å². The van der Waals surface area contributed by atoms with Crippen LogP contribution >= 0.6 is 11.8 Å². The van der Waals surface area contributed by atoms with Gasteiger partial charge in [0.15, 0.2) is 22.1 Å². The van der Waals surface area contributed by atoms with Gasteiger partial charge in [-0.15, -0.1) is 5.10 Å². The molecule has 0 radical (unpaired) electrons. The van der Waals surface area contributed by atoms with Crippen LogP contribution in [0.15, 0.2) is 29.4 Å². The maximum absolute atomic E-state index is 11.4. The van der Waals surface area contributed by atoms with Crippen molar-refractivity contribution < 1.29 is 20.1 Å². The van der Waals surface area contributed by atoms with Gasteiger partial charge in [-0.2, -0.15) is 0 Å². The Kier molecular flexibility index (Phi) is 7.61. The lowest BCUT2D eigenvalue weighted by molar-refractivity contribution is -0.114. The molecule has 2 heterocycles. The summed E-state index contributed by atoms with van der Waals surface area (Å²) in [5, 5.41) is 46.2.